The number of nitro groups is 1. The van der Waals surface area contributed by atoms with E-state index in [1.807, 2.05) is 0 Å². The number of halogens is 1. The van der Waals surface area contributed by atoms with Crippen LogP contribution in [0.1, 0.15) is 32.4 Å². The normalized spacial score (nSPS) is 12.6. The highest BCUT2D eigenvalue weighted by Gasteiger charge is 2.22. The Labute approximate surface area is 121 Å². The molecule has 0 radical (unpaired) electrons. The van der Waals surface area contributed by atoms with Crippen LogP contribution in [0.15, 0.2) is 18.2 Å². The number of ether oxygens (including phenoxy) is 1. The Morgan fingerprint density at radius 2 is 2.14 bits per heavy atom. The Morgan fingerprint density at radius 1 is 1.52 bits per heavy atom. The maximum atomic E-state index is 13.9. The summed E-state index contributed by atoms with van der Waals surface area (Å²) in [6, 6.07) is 2.80. The van der Waals surface area contributed by atoms with E-state index in [-0.39, 0.29) is 12.1 Å². The average molecular weight is 299 g/mol. The standard InChI is InChI=1S/C13H18FN3O4/c1-13(2,3)21-12(18)16-7-9(15)8-5-4-6-10(11(8)14)17(19)20/h4-6,9H,7,15H2,1-3H3,(H,16,18). The first-order valence-corrected chi connectivity index (χ1v) is 6.27. The van der Waals surface area contributed by atoms with Gasteiger partial charge >= 0.3 is 11.8 Å². The largest absolute Gasteiger partial charge is 0.444 e. The zero-order chi connectivity index (χ0) is 16.2. The van der Waals surface area contributed by atoms with Crippen molar-refractivity contribution in [2.75, 3.05) is 6.54 Å². The molecule has 0 saturated carbocycles. The van der Waals surface area contributed by atoms with E-state index in [0.29, 0.717) is 0 Å². The van der Waals surface area contributed by atoms with Gasteiger partial charge in [-0.15, -0.1) is 0 Å². The minimum absolute atomic E-state index is 0.0414. The minimum atomic E-state index is -0.999. The van der Waals surface area contributed by atoms with Gasteiger partial charge in [-0.1, -0.05) is 12.1 Å². The molecule has 1 aromatic rings. The van der Waals surface area contributed by atoms with Crippen molar-refractivity contribution in [1.82, 2.24) is 5.32 Å². The number of rotatable bonds is 4. The van der Waals surface area contributed by atoms with Gasteiger partial charge in [0.15, 0.2) is 0 Å². The monoisotopic (exact) mass is 299 g/mol. The molecule has 1 rings (SSSR count). The number of hydrogen-bond acceptors (Lipinski definition) is 5. The molecule has 3 N–H and O–H groups in total. The van der Waals surface area contributed by atoms with E-state index in [1.54, 1.807) is 20.8 Å². The van der Waals surface area contributed by atoms with Crippen molar-refractivity contribution < 1.29 is 18.8 Å². The summed E-state index contributed by atoms with van der Waals surface area (Å²) < 4.78 is 18.9. The number of amides is 1. The molecular formula is C13H18FN3O4. The van der Waals surface area contributed by atoms with Crippen LogP contribution in [0, 0.1) is 15.9 Å². The van der Waals surface area contributed by atoms with Crippen molar-refractivity contribution in [1.29, 1.82) is 0 Å². The molecule has 7 nitrogen and oxygen atoms in total. The molecular weight excluding hydrogens is 281 g/mol. The summed E-state index contributed by atoms with van der Waals surface area (Å²) >= 11 is 0. The van der Waals surface area contributed by atoms with Crippen molar-refractivity contribution in [3.8, 4) is 0 Å². The molecule has 0 aliphatic heterocycles. The van der Waals surface area contributed by atoms with E-state index >= 15 is 0 Å². The van der Waals surface area contributed by atoms with E-state index < -0.39 is 34.2 Å². The summed E-state index contributed by atoms with van der Waals surface area (Å²) in [7, 11) is 0. The van der Waals surface area contributed by atoms with Crippen molar-refractivity contribution in [3.63, 3.8) is 0 Å². The lowest BCUT2D eigenvalue weighted by molar-refractivity contribution is -0.387. The molecule has 0 aliphatic rings. The van der Waals surface area contributed by atoms with Gasteiger partial charge in [-0.2, -0.15) is 4.39 Å². The molecule has 1 unspecified atom stereocenters. The summed E-state index contributed by atoms with van der Waals surface area (Å²) in [4.78, 5) is 21.3. The van der Waals surface area contributed by atoms with Gasteiger partial charge in [0.25, 0.3) is 0 Å². The molecule has 8 heteroatoms. The fourth-order valence-electron chi connectivity index (χ4n) is 1.58. The van der Waals surface area contributed by atoms with E-state index in [0.717, 1.165) is 6.07 Å². The summed E-state index contributed by atoms with van der Waals surface area (Å²) in [5.74, 6) is -0.999. The summed E-state index contributed by atoms with van der Waals surface area (Å²) in [6.07, 6.45) is -0.691. The molecule has 116 valence electrons. The van der Waals surface area contributed by atoms with E-state index in [4.69, 9.17) is 10.5 Å². The number of hydrogen-bond donors (Lipinski definition) is 2. The van der Waals surface area contributed by atoms with Crippen molar-refractivity contribution in [2.24, 2.45) is 5.73 Å². The third kappa shape index (κ3) is 4.99. The Morgan fingerprint density at radius 3 is 2.67 bits per heavy atom. The highest BCUT2D eigenvalue weighted by molar-refractivity contribution is 5.67. The first kappa shape index (κ1) is 16.8. The zero-order valence-electron chi connectivity index (χ0n) is 12.1. The zero-order valence-corrected chi connectivity index (χ0v) is 12.1. The number of benzene rings is 1. The van der Waals surface area contributed by atoms with Gasteiger partial charge in [0.05, 0.1) is 11.0 Å². The number of nitrogens with two attached hydrogens (primary N) is 1. The number of nitro benzene ring substituents is 1. The lowest BCUT2D eigenvalue weighted by atomic mass is 10.1. The molecule has 21 heavy (non-hydrogen) atoms. The molecule has 0 aliphatic carbocycles. The Bertz CT molecular complexity index is 543. The maximum Gasteiger partial charge on any atom is 0.407 e. The van der Waals surface area contributed by atoms with E-state index in [1.165, 1.54) is 12.1 Å². The highest BCUT2D eigenvalue weighted by atomic mass is 19.1. The summed E-state index contributed by atoms with van der Waals surface area (Å²) in [5, 5.41) is 13.0. The molecule has 0 spiro atoms. The quantitative estimate of drug-likeness (QED) is 0.655. The van der Waals surface area contributed by atoms with Crippen LogP contribution < -0.4 is 11.1 Å². The molecule has 1 atom stereocenters. The van der Waals surface area contributed by atoms with Gasteiger partial charge in [0.2, 0.25) is 5.82 Å². The molecule has 0 saturated heterocycles. The molecule has 1 aromatic carbocycles. The minimum Gasteiger partial charge on any atom is -0.444 e. The number of carbonyl (C=O) groups excluding carboxylic acids is 1. The lowest BCUT2D eigenvalue weighted by Crippen LogP contribution is -2.36. The maximum absolute atomic E-state index is 13.9. The van der Waals surface area contributed by atoms with Gasteiger partial charge in [0.1, 0.15) is 5.60 Å². The van der Waals surface area contributed by atoms with Crippen LogP contribution in [-0.2, 0) is 4.74 Å². The Balaban J connectivity index is 2.73. The van der Waals surface area contributed by atoms with Crippen LogP contribution in [0.5, 0.6) is 0 Å². The second-order valence-corrected chi connectivity index (χ2v) is 5.43. The first-order valence-electron chi connectivity index (χ1n) is 6.27. The van der Waals surface area contributed by atoms with Crippen LogP contribution in [0.25, 0.3) is 0 Å². The van der Waals surface area contributed by atoms with Crippen LogP contribution in [-0.4, -0.2) is 23.2 Å². The third-order valence-corrected chi connectivity index (χ3v) is 2.47. The van der Waals surface area contributed by atoms with Crippen molar-refractivity contribution in [2.45, 2.75) is 32.4 Å². The van der Waals surface area contributed by atoms with Gasteiger partial charge in [-0.05, 0) is 20.8 Å². The van der Waals surface area contributed by atoms with Gasteiger partial charge in [-0.3, -0.25) is 10.1 Å². The fraction of sp³-hybridized carbons (Fsp3) is 0.462. The Kier molecular flexibility index (Phi) is 5.20. The Hall–Kier alpha value is -2.22. The van der Waals surface area contributed by atoms with Crippen molar-refractivity contribution in [3.05, 3.63) is 39.7 Å². The number of carbonyl (C=O) groups is 1. The molecule has 0 heterocycles. The van der Waals surface area contributed by atoms with Gasteiger partial charge < -0.3 is 15.8 Å². The molecule has 0 fully saturated rings. The van der Waals surface area contributed by atoms with Crippen LogP contribution in [0.4, 0.5) is 14.9 Å². The topological polar surface area (TPSA) is 107 Å². The smallest absolute Gasteiger partial charge is 0.407 e. The molecule has 1 amide bonds. The van der Waals surface area contributed by atoms with E-state index in [2.05, 4.69) is 5.32 Å². The van der Waals surface area contributed by atoms with Gasteiger partial charge in [0, 0.05) is 18.2 Å². The second-order valence-electron chi connectivity index (χ2n) is 5.43. The number of alkyl carbamates (subject to hydrolysis) is 1. The predicted molar refractivity (Wildman–Crippen MR) is 74.2 cm³/mol. The van der Waals surface area contributed by atoms with Crippen LogP contribution in [0.2, 0.25) is 0 Å². The lowest BCUT2D eigenvalue weighted by Gasteiger charge is -2.21. The average Bonchev–Trinajstić information content (AvgIpc) is 2.33. The third-order valence-electron chi connectivity index (χ3n) is 2.47. The number of nitrogens with zero attached hydrogens (tertiary/aromatic N) is 1. The second kappa shape index (κ2) is 6.49. The van der Waals surface area contributed by atoms with Gasteiger partial charge in [-0.25, -0.2) is 4.79 Å². The predicted octanol–water partition coefficient (Wildman–Crippen LogP) is 2.26. The van der Waals surface area contributed by atoms with Crippen LogP contribution in [0.3, 0.4) is 0 Å². The summed E-state index contributed by atoms with van der Waals surface area (Å²) in [6.45, 7) is 5.00. The molecule has 0 bridgehead atoms. The summed E-state index contributed by atoms with van der Waals surface area (Å²) in [5.41, 5.74) is 4.39. The van der Waals surface area contributed by atoms with Crippen LogP contribution >= 0.6 is 0 Å². The van der Waals surface area contributed by atoms with E-state index in [9.17, 15) is 19.3 Å². The fourth-order valence-corrected chi connectivity index (χ4v) is 1.58. The first-order chi connectivity index (χ1) is 9.61. The number of nitrogens with one attached hydrogen (secondary N) is 1. The SMILES string of the molecule is CC(C)(C)OC(=O)NCC(N)c1cccc([N+](=O)[O-])c1F. The van der Waals surface area contributed by atoms with Crippen molar-refractivity contribution >= 4 is 11.8 Å². The highest BCUT2D eigenvalue weighted by Crippen LogP contribution is 2.23. The molecule has 0 aromatic heterocycles.